The average Bonchev–Trinajstić information content (AvgIpc) is 2.81. The highest BCUT2D eigenvalue weighted by atomic mass is 79.9. The second-order valence-electron chi connectivity index (χ2n) is 4.39. The summed E-state index contributed by atoms with van der Waals surface area (Å²) in [5, 5.41) is 18.3. The Balaban J connectivity index is 2.24. The lowest BCUT2D eigenvalue weighted by molar-refractivity contribution is -0.384. The Bertz CT molecular complexity index is 612. The lowest BCUT2D eigenvalue weighted by Gasteiger charge is -2.08. The maximum Gasteiger partial charge on any atom is 0.292 e. The third-order valence-corrected chi connectivity index (χ3v) is 3.18. The molecule has 0 aliphatic rings. The molecule has 20 heavy (non-hydrogen) atoms. The van der Waals surface area contributed by atoms with Gasteiger partial charge < -0.3 is 5.32 Å². The van der Waals surface area contributed by atoms with Gasteiger partial charge in [0, 0.05) is 18.8 Å². The number of rotatable bonds is 6. The molecule has 0 amide bonds. The first kappa shape index (κ1) is 14.5. The first-order chi connectivity index (χ1) is 9.60. The van der Waals surface area contributed by atoms with Gasteiger partial charge in [-0.15, -0.1) is 0 Å². The van der Waals surface area contributed by atoms with Crippen LogP contribution in [0.25, 0.3) is 0 Å². The molecule has 0 saturated heterocycles. The molecule has 2 aromatic rings. The fraction of sp³-hybridized carbons (Fsp3) is 0.308. The number of nitro groups is 1. The molecule has 0 unspecified atom stereocenters. The average molecular weight is 339 g/mol. The van der Waals surface area contributed by atoms with Crippen molar-refractivity contribution in [1.82, 2.24) is 9.78 Å². The summed E-state index contributed by atoms with van der Waals surface area (Å²) in [6.45, 7) is 3.30. The third kappa shape index (κ3) is 3.57. The Labute approximate surface area is 125 Å². The van der Waals surface area contributed by atoms with E-state index in [1.165, 1.54) is 6.07 Å². The Morgan fingerprint density at radius 3 is 2.90 bits per heavy atom. The van der Waals surface area contributed by atoms with E-state index in [-0.39, 0.29) is 10.6 Å². The van der Waals surface area contributed by atoms with Gasteiger partial charge in [-0.1, -0.05) is 13.0 Å². The Hall–Kier alpha value is -1.89. The fourth-order valence-electron chi connectivity index (χ4n) is 1.85. The van der Waals surface area contributed by atoms with Crippen LogP contribution >= 0.6 is 15.9 Å². The van der Waals surface area contributed by atoms with Crippen molar-refractivity contribution in [1.29, 1.82) is 0 Å². The van der Waals surface area contributed by atoms with Crippen LogP contribution in [0, 0.1) is 10.1 Å². The number of nitrogens with one attached hydrogen (secondary N) is 1. The number of nitro benzene ring substituents is 1. The van der Waals surface area contributed by atoms with E-state index in [1.54, 1.807) is 16.9 Å². The van der Waals surface area contributed by atoms with E-state index in [0.717, 1.165) is 16.5 Å². The van der Waals surface area contributed by atoms with Crippen LogP contribution in [0.5, 0.6) is 0 Å². The third-order valence-electron chi connectivity index (χ3n) is 2.77. The Morgan fingerprint density at radius 2 is 2.30 bits per heavy atom. The van der Waals surface area contributed by atoms with Gasteiger partial charge in [-0.2, -0.15) is 5.10 Å². The summed E-state index contributed by atoms with van der Waals surface area (Å²) >= 11 is 3.34. The quantitative estimate of drug-likeness (QED) is 0.646. The molecular formula is C13H15BrN4O2. The van der Waals surface area contributed by atoms with Crippen LogP contribution in [0.15, 0.2) is 35.1 Å². The van der Waals surface area contributed by atoms with Gasteiger partial charge in [-0.25, -0.2) is 0 Å². The van der Waals surface area contributed by atoms with Crippen LogP contribution in [0.1, 0.15) is 18.9 Å². The zero-order chi connectivity index (χ0) is 14.5. The van der Waals surface area contributed by atoms with Crippen molar-refractivity contribution in [3.63, 3.8) is 0 Å². The molecule has 0 fully saturated rings. The minimum absolute atomic E-state index is 0.101. The lowest BCUT2D eigenvalue weighted by Crippen LogP contribution is -2.05. The van der Waals surface area contributed by atoms with Crippen molar-refractivity contribution in [2.75, 3.05) is 11.9 Å². The maximum absolute atomic E-state index is 11.0. The van der Waals surface area contributed by atoms with Gasteiger partial charge in [0.15, 0.2) is 0 Å². The maximum atomic E-state index is 11.0. The molecule has 0 spiro atoms. The van der Waals surface area contributed by atoms with Gasteiger partial charge in [-0.05, 0) is 34.0 Å². The number of benzene rings is 1. The standard InChI is InChI=1S/C13H15BrN4O2/c1-2-5-15-12-6-10(3-4-13(12)18(19)20)8-17-9-11(14)7-16-17/h3-4,6-7,9,15H,2,5,8H2,1H3. The largest absolute Gasteiger partial charge is 0.379 e. The molecule has 1 aromatic carbocycles. The zero-order valence-corrected chi connectivity index (χ0v) is 12.6. The number of halogens is 1. The van der Waals surface area contributed by atoms with Gasteiger partial charge >= 0.3 is 0 Å². The molecular weight excluding hydrogens is 324 g/mol. The Kier molecular flexibility index (Phi) is 4.73. The number of aromatic nitrogens is 2. The summed E-state index contributed by atoms with van der Waals surface area (Å²) < 4.78 is 2.68. The number of anilines is 1. The smallest absolute Gasteiger partial charge is 0.292 e. The van der Waals surface area contributed by atoms with Crippen LogP contribution in [-0.2, 0) is 6.54 Å². The molecule has 0 saturated carbocycles. The highest BCUT2D eigenvalue weighted by Crippen LogP contribution is 2.26. The van der Waals surface area contributed by atoms with Gasteiger partial charge in [0.05, 0.1) is 22.1 Å². The summed E-state index contributed by atoms with van der Waals surface area (Å²) in [4.78, 5) is 10.6. The van der Waals surface area contributed by atoms with E-state index in [4.69, 9.17) is 0 Å². The molecule has 0 atom stereocenters. The molecule has 1 heterocycles. The molecule has 0 bridgehead atoms. The summed E-state index contributed by atoms with van der Waals surface area (Å²) in [5.41, 5.74) is 1.62. The fourth-order valence-corrected chi connectivity index (χ4v) is 2.18. The first-order valence-corrected chi connectivity index (χ1v) is 7.08. The van der Waals surface area contributed by atoms with Crippen LogP contribution < -0.4 is 5.32 Å². The van der Waals surface area contributed by atoms with Crippen molar-refractivity contribution in [3.8, 4) is 0 Å². The van der Waals surface area contributed by atoms with Gasteiger partial charge in [-0.3, -0.25) is 14.8 Å². The van der Waals surface area contributed by atoms with E-state index >= 15 is 0 Å². The minimum Gasteiger partial charge on any atom is -0.379 e. The number of hydrogen-bond donors (Lipinski definition) is 1. The first-order valence-electron chi connectivity index (χ1n) is 6.29. The van der Waals surface area contributed by atoms with E-state index in [0.29, 0.717) is 18.8 Å². The van der Waals surface area contributed by atoms with Crippen LogP contribution in [0.3, 0.4) is 0 Å². The summed E-state index contributed by atoms with van der Waals surface area (Å²) in [6.07, 6.45) is 4.48. The minimum atomic E-state index is -0.369. The van der Waals surface area contributed by atoms with Crippen molar-refractivity contribution >= 4 is 27.3 Å². The molecule has 0 radical (unpaired) electrons. The van der Waals surface area contributed by atoms with Gasteiger partial charge in [0.2, 0.25) is 0 Å². The molecule has 2 rings (SSSR count). The molecule has 0 aliphatic carbocycles. The summed E-state index contributed by atoms with van der Waals surface area (Å²) in [5.74, 6) is 0. The molecule has 7 heteroatoms. The predicted molar refractivity (Wildman–Crippen MR) is 80.9 cm³/mol. The highest BCUT2D eigenvalue weighted by molar-refractivity contribution is 9.10. The monoisotopic (exact) mass is 338 g/mol. The van der Waals surface area contributed by atoms with E-state index < -0.39 is 0 Å². The van der Waals surface area contributed by atoms with Gasteiger partial charge in [0.25, 0.3) is 5.69 Å². The van der Waals surface area contributed by atoms with E-state index in [1.807, 2.05) is 19.2 Å². The summed E-state index contributed by atoms with van der Waals surface area (Å²) in [6, 6.07) is 5.10. The van der Waals surface area contributed by atoms with Crippen LogP contribution in [-0.4, -0.2) is 21.2 Å². The van der Waals surface area contributed by atoms with E-state index in [2.05, 4.69) is 26.3 Å². The van der Waals surface area contributed by atoms with Crippen molar-refractivity contribution < 1.29 is 4.92 Å². The van der Waals surface area contributed by atoms with E-state index in [9.17, 15) is 10.1 Å². The van der Waals surface area contributed by atoms with Crippen molar-refractivity contribution in [2.45, 2.75) is 19.9 Å². The number of nitrogens with zero attached hydrogens (tertiary/aromatic N) is 3. The van der Waals surface area contributed by atoms with Crippen molar-refractivity contribution in [3.05, 3.63) is 50.7 Å². The molecule has 6 nitrogen and oxygen atoms in total. The second-order valence-corrected chi connectivity index (χ2v) is 5.31. The topological polar surface area (TPSA) is 73.0 Å². The molecule has 1 N–H and O–H groups in total. The SMILES string of the molecule is CCCNc1cc(Cn2cc(Br)cn2)ccc1[N+](=O)[O-]. The zero-order valence-electron chi connectivity index (χ0n) is 11.0. The second kappa shape index (κ2) is 6.51. The van der Waals surface area contributed by atoms with Crippen molar-refractivity contribution in [2.24, 2.45) is 0 Å². The predicted octanol–water partition coefficient (Wildman–Crippen LogP) is 3.42. The van der Waals surface area contributed by atoms with Crippen LogP contribution in [0.2, 0.25) is 0 Å². The molecule has 0 aliphatic heterocycles. The summed E-state index contributed by atoms with van der Waals surface area (Å²) in [7, 11) is 0. The Morgan fingerprint density at radius 1 is 1.50 bits per heavy atom. The number of hydrogen-bond acceptors (Lipinski definition) is 4. The van der Waals surface area contributed by atoms with Gasteiger partial charge in [0.1, 0.15) is 5.69 Å². The lowest BCUT2D eigenvalue weighted by atomic mass is 10.1. The van der Waals surface area contributed by atoms with Crippen LogP contribution in [0.4, 0.5) is 11.4 Å². The normalized spacial score (nSPS) is 10.5. The highest BCUT2D eigenvalue weighted by Gasteiger charge is 2.13. The molecule has 1 aromatic heterocycles. The molecule has 106 valence electrons.